The lowest BCUT2D eigenvalue weighted by molar-refractivity contribution is -0.147. The van der Waals surface area contributed by atoms with Gasteiger partial charge in [-0.15, -0.1) is 0 Å². The maximum absolute atomic E-state index is 12.1. The van der Waals surface area contributed by atoms with Crippen molar-refractivity contribution in [2.75, 3.05) is 6.61 Å². The van der Waals surface area contributed by atoms with Crippen LogP contribution >= 0.6 is 0 Å². The van der Waals surface area contributed by atoms with Gasteiger partial charge < -0.3 is 9.47 Å². The van der Waals surface area contributed by atoms with Crippen LogP contribution in [0.1, 0.15) is 12.5 Å². The molecule has 20 heavy (non-hydrogen) atoms. The SMILES string of the molecule is CC(=O)O[C@@H](/C=C/C(F)(F)F)COCc1ccccc1. The predicted molar refractivity (Wildman–Crippen MR) is 66.8 cm³/mol. The first-order valence-electron chi connectivity index (χ1n) is 5.92. The van der Waals surface area contributed by atoms with Crippen molar-refractivity contribution >= 4 is 5.97 Å². The van der Waals surface area contributed by atoms with E-state index >= 15 is 0 Å². The van der Waals surface area contributed by atoms with Crippen LogP contribution in [-0.4, -0.2) is 24.9 Å². The minimum Gasteiger partial charge on any atom is -0.456 e. The fourth-order valence-electron chi connectivity index (χ4n) is 1.43. The molecule has 0 aliphatic carbocycles. The third kappa shape index (κ3) is 7.58. The molecule has 0 N–H and O–H groups in total. The van der Waals surface area contributed by atoms with Crippen LogP contribution in [-0.2, 0) is 20.9 Å². The van der Waals surface area contributed by atoms with Crippen LogP contribution < -0.4 is 0 Å². The molecule has 0 unspecified atom stereocenters. The smallest absolute Gasteiger partial charge is 0.409 e. The lowest BCUT2D eigenvalue weighted by atomic mass is 10.2. The number of rotatable bonds is 6. The van der Waals surface area contributed by atoms with Crippen LogP contribution in [0.3, 0.4) is 0 Å². The van der Waals surface area contributed by atoms with Gasteiger partial charge in [0.05, 0.1) is 13.2 Å². The van der Waals surface area contributed by atoms with E-state index in [2.05, 4.69) is 0 Å². The fourth-order valence-corrected chi connectivity index (χ4v) is 1.43. The van der Waals surface area contributed by atoms with Gasteiger partial charge in [0.15, 0.2) is 0 Å². The highest BCUT2D eigenvalue weighted by Crippen LogP contribution is 2.17. The molecule has 3 nitrogen and oxygen atoms in total. The Hall–Kier alpha value is -1.82. The van der Waals surface area contributed by atoms with E-state index in [4.69, 9.17) is 9.47 Å². The quantitative estimate of drug-likeness (QED) is 0.595. The first-order valence-corrected chi connectivity index (χ1v) is 5.92. The maximum Gasteiger partial charge on any atom is 0.409 e. The second-order valence-electron chi connectivity index (χ2n) is 4.05. The van der Waals surface area contributed by atoms with Crippen molar-refractivity contribution < 1.29 is 27.4 Å². The van der Waals surface area contributed by atoms with E-state index in [1.165, 1.54) is 0 Å². The molecule has 0 saturated carbocycles. The molecule has 0 aromatic heterocycles. The second-order valence-corrected chi connectivity index (χ2v) is 4.05. The van der Waals surface area contributed by atoms with Crippen LogP contribution in [0.15, 0.2) is 42.5 Å². The normalized spacial score (nSPS) is 13.4. The standard InChI is InChI=1S/C14H15F3O3/c1-11(18)20-13(7-8-14(15,16)17)10-19-9-12-5-3-2-4-6-12/h2-8,13H,9-10H2,1H3/b8-7+/t13-/m0/s1. The van der Waals surface area contributed by atoms with Crippen molar-refractivity contribution in [3.8, 4) is 0 Å². The number of carbonyl (C=O) groups is 1. The van der Waals surface area contributed by atoms with Crippen molar-refractivity contribution in [2.45, 2.75) is 25.8 Å². The zero-order valence-corrected chi connectivity index (χ0v) is 10.9. The van der Waals surface area contributed by atoms with Crippen molar-refractivity contribution in [1.82, 2.24) is 0 Å². The lowest BCUT2D eigenvalue weighted by Crippen LogP contribution is -2.21. The third-order valence-corrected chi connectivity index (χ3v) is 2.21. The van der Waals surface area contributed by atoms with Crippen LogP contribution in [0.25, 0.3) is 0 Å². The van der Waals surface area contributed by atoms with Crippen LogP contribution in [0.4, 0.5) is 13.2 Å². The van der Waals surface area contributed by atoms with Gasteiger partial charge in [0.1, 0.15) is 6.10 Å². The number of carbonyl (C=O) groups excluding carboxylic acids is 1. The van der Waals surface area contributed by atoms with E-state index in [1.807, 2.05) is 30.3 Å². The van der Waals surface area contributed by atoms with Gasteiger partial charge >= 0.3 is 12.1 Å². The van der Waals surface area contributed by atoms with E-state index < -0.39 is 18.2 Å². The van der Waals surface area contributed by atoms with Crippen molar-refractivity contribution in [3.05, 3.63) is 48.0 Å². The maximum atomic E-state index is 12.1. The highest BCUT2D eigenvalue weighted by atomic mass is 19.4. The number of allylic oxidation sites excluding steroid dienone is 1. The molecule has 1 aromatic rings. The van der Waals surface area contributed by atoms with Gasteiger partial charge in [0.25, 0.3) is 0 Å². The van der Waals surface area contributed by atoms with Gasteiger partial charge in [-0.25, -0.2) is 0 Å². The van der Waals surface area contributed by atoms with Gasteiger partial charge in [-0.3, -0.25) is 4.79 Å². The van der Waals surface area contributed by atoms with E-state index in [0.29, 0.717) is 0 Å². The molecule has 0 radical (unpaired) electrons. The van der Waals surface area contributed by atoms with Crippen molar-refractivity contribution in [1.29, 1.82) is 0 Å². The molecule has 110 valence electrons. The molecule has 0 aliphatic heterocycles. The van der Waals surface area contributed by atoms with Gasteiger partial charge in [-0.2, -0.15) is 13.2 Å². The Labute approximate surface area is 115 Å². The summed E-state index contributed by atoms with van der Waals surface area (Å²) in [7, 11) is 0. The Kier molecular flexibility index (Phi) is 6.24. The summed E-state index contributed by atoms with van der Waals surface area (Å²) in [5.41, 5.74) is 0.883. The van der Waals surface area contributed by atoms with Crippen LogP contribution in [0.2, 0.25) is 0 Å². The molecule has 6 heteroatoms. The first-order chi connectivity index (χ1) is 9.37. The number of ether oxygens (including phenoxy) is 2. The minimum absolute atomic E-state index is 0.0342. The molecular weight excluding hydrogens is 273 g/mol. The molecule has 0 spiro atoms. The summed E-state index contributed by atoms with van der Waals surface area (Å²) in [6, 6.07) is 9.15. The number of halogens is 3. The molecule has 1 atom stereocenters. The monoisotopic (exact) mass is 288 g/mol. The van der Waals surface area contributed by atoms with Gasteiger partial charge in [-0.1, -0.05) is 30.3 Å². The Bertz CT molecular complexity index is 441. The van der Waals surface area contributed by atoms with E-state index in [1.54, 1.807) is 0 Å². The molecule has 0 saturated heterocycles. The largest absolute Gasteiger partial charge is 0.456 e. The van der Waals surface area contributed by atoms with Crippen molar-refractivity contribution in [3.63, 3.8) is 0 Å². The number of hydrogen-bond acceptors (Lipinski definition) is 3. The van der Waals surface area contributed by atoms with Crippen LogP contribution in [0.5, 0.6) is 0 Å². The highest BCUT2D eigenvalue weighted by molar-refractivity contribution is 5.66. The molecule has 0 heterocycles. The number of hydrogen-bond donors (Lipinski definition) is 0. The summed E-state index contributed by atoms with van der Waals surface area (Å²) in [6.45, 7) is 1.23. The summed E-state index contributed by atoms with van der Waals surface area (Å²) in [5, 5.41) is 0. The Morgan fingerprint density at radius 2 is 1.95 bits per heavy atom. The number of benzene rings is 1. The zero-order valence-electron chi connectivity index (χ0n) is 10.9. The Balaban J connectivity index is 2.48. The topological polar surface area (TPSA) is 35.5 Å². The molecule has 0 aliphatic rings. The Morgan fingerprint density at radius 3 is 2.50 bits per heavy atom. The molecule has 1 aromatic carbocycles. The molecule has 0 amide bonds. The highest BCUT2D eigenvalue weighted by Gasteiger charge is 2.23. The van der Waals surface area contributed by atoms with Gasteiger partial charge in [0, 0.05) is 13.0 Å². The lowest BCUT2D eigenvalue weighted by Gasteiger charge is -2.14. The van der Waals surface area contributed by atoms with E-state index in [9.17, 15) is 18.0 Å². The minimum atomic E-state index is -4.45. The van der Waals surface area contributed by atoms with Crippen molar-refractivity contribution in [2.24, 2.45) is 0 Å². The third-order valence-electron chi connectivity index (χ3n) is 2.21. The van der Waals surface area contributed by atoms with Gasteiger partial charge in [-0.05, 0) is 11.6 Å². The first kappa shape index (κ1) is 16.2. The molecule has 0 fully saturated rings. The molecule has 0 bridgehead atoms. The van der Waals surface area contributed by atoms with Crippen LogP contribution in [0, 0.1) is 0 Å². The average Bonchev–Trinajstić information content (AvgIpc) is 2.35. The number of alkyl halides is 3. The summed E-state index contributed by atoms with van der Waals surface area (Å²) in [4.78, 5) is 10.8. The predicted octanol–water partition coefficient (Wildman–Crippen LogP) is 3.25. The summed E-state index contributed by atoms with van der Waals surface area (Å²) >= 11 is 0. The fraction of sp³-hybridized carbons (Fsp3) is 0.357. The van der Waals surface area contributed by atoms with E-state index in [0.717, 1.165) is 18.6 Å². The Morgan fingerprint density at radius 1 is 1.30 bits per heavy atom. The number of esters is 1. The zero-order chi connectivity index (χ0) is 15.0. The van der Waals surface area contributed by atoms with E-state index in [-0.39, 0.29) is 19.3 Å². The summed E-state index contributed by atoms with van der Waals surface area (Å²) in [6.07, 6.45) is -4.70. The summed E-state index contributed by atoms with van der Waals surface area (Å²) < 4.78 is 46.2. The average molecular weight is 288 g/mol. The summed E-state index contributed by atoms with van der Waals surface area (Å²) in [5.74, 6) is -0.662. The molecular formula is C14H15F3O3. The van der Waals surface area contributed by atoms with Gasteiger partial charge in [0.2, 0.25) is 0 Å². The molecule has 1 rings (SSSR count). The second kappa shape index (κ2) is 7.69.